The standard InChI is InChI=1S/C4H7NO7S/c5-4(3(8)9,1-2(6)7)13(10,11)12/h1,5H2,(H,6,7)(H,8,9)(H,10,11,12)/t4-/m0/s1. The lowest BCUT2D eigenvalue weighted by Crippen LogP contribution is -2.55. The first kappa shape index (κ1) is 11.8. The minimum atomic E-state index is -5.16. The van der Waals surface area contributed by atoms with Crippen LogP contribution in [-0.4, -0.2) is 40.0 Å². The molecule has 0 amide bonds. The fraction of sp³-hybridized carbons (Fsp3) is 0.500. The summed E-state index contributed by atoms with van der Waals surface area (Å²) in [5.74, 6) is -3.88. The molecule has 0 aliphatic heterocycles. The minimum Gasteiger partial charge on any atom is -0.481 e. The normalized spacial score (nSPS) is 16.2. The van der Waals surface area contributed by atoms with E-state index in [9.17, 15) is 18.0 Å². The Labute approximate surface area is 72.7 Å². The molecule has 0 unspecified atom stereocenters. The van der Waals surface area contributed by atoms with Crippen LogP contribution in [0.1, 0.15) is 6.42 Å². The van der Waals surface area contributed by atoms with Crippen molar-refractivity contribution >= 4 is 22.1 Å². The molecule has 0 aliphatic rings. The summed E-state index contributed by atoms with van der Waals surface area (Å²) >= 11 is 0. The van der Waals surface area contributed by atoms with Crippen molar-refractivity contribution in [1.29, 1.82) is 0 Å². The molecule has 5 N–H and O–H groups in total. The third kappa shape index (κ3) is 2.37. The Kier molecular flexibility index (Phi) is 2.98. The maximum atomic E-state index is 10.4. The van der Waals surface area contributed by atoms with E-state index in [1.54, 1.807) is 0 Å². The van der Waals surface area contributed by atoms with E-state index in [1.807, 2.05) is 0 Å². The first-order valence-electron chi connectivity index (χ1n) is 2.82. The monoisotopic (exact) mass is 213 g/mol. The van der Waals surface area contributed by atoms with E-state index in [1.165, 1.54) is 0 Å². The van der Waals surface area contributed by atoms with Crippen molar-refractivity contribution in [2.24, 2.45) is 5.73 Å². The molecule has 76 valence electrons. The van der Waals surface area contributed by atoms with Crippen LogP contribution < -0.4 is 5.73 Å². The molecular formula is C4H7NO7S. The Morgan fingerprint density at radius 1 is 1.31 bits per heavy atom. The van der Waals surface area contributed by atoms with Gasteiger partial charge in [0.15, 0.2) is 0 Å². The zero-order chi connectivity index (χ0) is 10.9. The molecule has 0 aromatic heterocycles. The van der Waals surface area contributed by atoms with Crippen molar-refractivity contribution < 1.29 is 32.8 Å². The number of aliphatic carboxylic acids is 2. The van der Waals surface area contributed by atoms with Gasteiger partial charge in [-0.25, -0.2) is 4.79 Å². The lowest BCUT2D eigenvalue weighted by molar-refractivity contribution is -0.146. The van der Waals surface area contributed by atoms with Crippen LogP contribution in [-0.2, 0) is 19.7 Å². The molecule has 1 atom stereocenters. The average molecular weight is 213 g/mol. The highest BCUT2D eigenvalue weighted by Gasteiger charge is 2.49. The van der Waals surface area contributed by atoms with Gasteiger partial charge in [0, 0.05) is 0 Å². The van der Waals surface area contributed by atoms with Crippen LogP contribution in [0, 0.1) is 0 Å². The largest absolute Gasteiger partial charge is 0.481 e. The SMILES string of the molecule is N[C@](CC(=O)O)(C(=O)O)S(=O)(=O)O. The summed E-state index contributed by atoms with van der Waals surface area (Å²) in [4.78, 5) is 17.1. The molecule has 0 aromatic rings. The van der Waals surface area contributed by atoms with Crippen molar-refractivity contribution in [3.8, 4) is 0 Å². The number of carbonyl (C=O) groups is 2. The maximum absolute atomic E-state index is 10.4. The van der Waals surface area contributed by atoms with Crippen molar-refractivity contribution in [2.45, 2.75) is 11.3 Å². The lowest BCUT2D eigenvalue weighted by atomic mass is 10.2. The first-order chi connectivity index (χ1) is 5.61. The van der Waals surface area contributed by atoms with Crippen LogP contribution in [0.15, 0.2) is 0 Å². The zero-order valence-electron chi connectivity index (χ0n) is 6.17. The van der Waals surface area contributed by atoms with Crippen LogP contribution in [0.25, 0.3) is 0 Å². The molecular weight excluding hydrogens is 206 g/mol. The van der Waals surface area contributed by atoms with E-state index < -0.39 is 33.3 Å². The fourth-order valence-electron chi connectivity index (χ4n) is 0.502. The average Bonchev–Trinajstić information content (AvgIpc) is 1.82. The minimum absolute atomic E-state index is 1.42. The lowest BCUT2D eigenvalue weighted by Gasteiger charge is -2.18. The first-order valence-corrected chi connectivity index (χ1v) is 4.26. The summed E-state index contributed by atoms with van der Waals surface area (Å²) in [5, 5.41) is 16.4. The van der Waals surface area contributed by atoms with Crippen molar-refractivity contribution in [1.82, 2.24) is 0 Å². The third-order valence-corrected chi connectivity index (χ3v) is 2.48. The summed E-state index contributed by atoms with van der Waals surface area (Å²) in [6.45, 7) is 0. The van der Waals surface area contributed by atoms with Gasteiger partial charge in [0.2, 0.25) is 0 Å². The summed E-state index contributed by atoms with van der Waals surface area (Å²) in [7, 11) is -5.16. The molecule has 8 nitrogen and oxygen atoms in total. The number of carboxylic acid groups (broad SMARTS) is 2. The van der Waals surface area contributed by atoms with Crippen molar-refractivity contribution in [3.63, 3.8) is 0 Å². The summed E-state index contributed by atoms with van der Waals surface area (Å²) in [5.41, 5.74) is 4.70. The van der Waals surface area contributed by atoms with Crippen molar-refractivity contribution in [2.75, 3.05) is 0 Å². The Morgan fingerprint density at radius 3 is 1.77 bits per heavy atom. The quantitative estimate of drug-likeness (QED) is 0.394. The van der Waals surface area contributed by atoms with Crippen LogP contribution in [0.3, 0.4) is 0 Å². The highest BCUT2D eigenvalue weighted by molar-refractivity contribution is 7.88. The molecule has 0 saturated carbocycles. The van der Waals surface area contributed by atoms with Crippen LogP contribution in [0.2, 0.25) is 0 Å². The number of nitrogens with two attached hydrogens (primary N) is 1. The Morgan fingerprint density at radius 2 is 1.69 bits per heavy atom. The van der Waals surface area contributed by atoms with Crippen LogP contribution in [0.4, 0.5) is 0 Å². The zero-order valence-corrected chi connectivity index (χ0v) is 6.98. The van der Waals surface area contributed by atoms with Gasteiger partial charge in [-0.05, 0) is 0 Å². The third-order valence-electron chi connectivity index (χ3n) is 1.24. The van der Waals surface area contributed by atoms with Gasteiger partial charge >= 0.3 is 11.9 Å². The second-order valence-corrected chi connectivity index (χ2v) is 3.92. The summed E-state index contributed by atoms with van der Waals surface area (Å²) in [6, 6.07) is 0. The van der Waals surface area contributed by atoms with Crippen LogP contribution in [0.5, 0.6) is 0 Å². The van der Waals surface area contributed by atoms with Gasteiger partial charge in [-0.15, -0.1) is 0 Å². The molecule has 0 heterocycles. The van der Waals surface area contributed by atoms with E-state index in [-0.39, 0.29) is 0 Å². The van der Waals surface area contributed by atoms with Gasteiger partial charge < -0.3 is 15.9 Å². The van der Waals surface area contributed by atoms with Gasteiger partial charge in [-0.1, -0.05) is 0 Å². The molecule has 0 spiro atoms. The van der Waals surface area contributed by atoms with Crippen molar-refractivity contribution in [3.05, 3.63) is 0 Å². The highest BCUT2D eigenvalue weighted by atomic mass is 32.2. The number of carboxylic acids is 2. The fourth-order valence-corrected chi connectivity index (χ4v) is 1.03. The number of rotatable bonds is 4. The maximum Gasteiger partial charge on any atom is 0.342 e. The molecule has 0 aliphatic carbocycles. The molecule has 0 fully saturated rings. The van der Waals surface area contributed by atoms with E-state index in [4.69, 9.17) is 20.5 Å². The second-order valence-electron chi connectivity index (χ2n) is 2.24. The van der Waals surface area contributed by atoms with Gasteiger partial charge in [0.05, 0.1) is 6.42 Å². The van der Waals surface area contributed by atoms with E-state index >= 15 is 0 Å². The van der Waals surface area contributed by atoms with E-state index in [0.29, 0.717) is 0 Å². The van der Waals surface area contributed by atoms with Gasteiger partial charge in [-0.3, -0.25) is 9.35 Å². The molecule has 0 aromatic carbocycles. The Hall–Kier alpha value is -1.19. The Bertz CT molecular complexity index is 332. The highest BCUT2D eigenvalue weighted by Crippen LogP contribution is 2.14. The van der Waals surface area contributed by atoms with Crippen LogP contribution >= 0.6 is 0 Å². The second kappa shape index (κ2) is 3.28. The molecule has 13 heavy (non-hydrogen) atoms. The number of hydrogen-bond donors (Lipinski definition) is 4. The molecule has 9 heteroatoms. The number of hydrogen-bond acceptors (Lipinski definition) is 5. The summed E-state index contributed by atoms with van der Waals surface area (Å²) < 4.78 is 29.2. The predicted molar refractivity (Wildman–Crippen MR) is 38.4 cm³/mol. The topological polar surface area (TPSA) is 155 Å². The van der Waals surface area contributed by atoms with Gasteiger partial charge in [0.25, 0.3) is 15.0 Å². The van der Waals surface area contributed by atoms with Gasteiger partial charge in [-0.2, -0.15) is 8.42 Å². The molecule has 0 saturated heterocycles. The molecule has 0 radical (unpaired) electrons. The van der Waals surface area contributed by atoms with Gasteiger partial charge in [0.1, 0.15) is 0 Å². The molecule has 0 rings (SSSR count). The van der Waals surface area contributed by atoms with E-state index in [2.05, 4.69) is 0 Å². The summed E-state index contributed by atoms with van der Waals surface area (Å²) in [6.07, 6.45) is -1.42. The Balaban J connectivity index is 5.21. The van der Waals surface area contributed by atoms with E-state index in [0.717, 1.165) is 0 Å². The molecule has 0 bridgehead atoms. The smallest absolute Gasteiger partial charge is 0.342 e. The predicted octanol–water partition coefficient (Wildman–Crippen LogP) is -1.91.